The monoisotopic (exact) mass is 401 g/mol. The van der Waals surface area contributed by atoms with Crippen molar-refractivity contribution in [2.75, 3.05) is 31.1 Å². The van der Waals surface area contributed by atoms with Gasteiger partial charge in [-0.3, -0.25) is 0 Å². The standard InChI is InChI=1S/C20H24ClN5O2/c1-20(2,3)28-19(27)26-9-7-25(8-10-26)18-15(13-22)11-16(24(18)4)14-5-6-23-17(21)12-14/h5-6,11-12H,7-10H2,1-4H3. The molecule has 28 heavy (non-hydrogen) atoms. The molecule has 3 rings (SSSR count). The first-order valence-corrected chi connectivity index (χ1v) is 9.52. The average Bonchev–Trinajstić information content (AvgIpc) is 2.97. The van der Waals surface area contributed by atoms with Gasteiger partial charge < -0.3 is 19.1 Å². The number of piperazine rings is 1. The summed E-state index contributed by atoms with van der Waals surface area (Å²) in [5.74, 6) is 0.842. The number of carbonyl (C=O) groups is 1. The van der Waals surface area contributed by atoms with E-state index >= 15 is 0 Å². The van der Waals surface area contributed by atoms with Crippen molar-refractivity contribution >= 4 is 23.5 Å². The molecule has 8 heteroatoms. The van der Waals surface area contributed by atoms with E-state index in [4.69, 9.17) is 16.3 Å². The van der Waals surface area contributed by atoms with E-state index in [0.29, 0.717) is 36.9 Å². The van der Waals surface area contributed by atoms with E-state index < -0.39 is 5.60 Å². The predicted octanol–water partition coefficient (Wildman–Crippen LogP) is 3.67. The molecular weight excluding hydrogens is 378 g/mol. The zero-order chi connectivity index (χ0) is 20.5. The van der Waals surface area contributed by atoms with Crippen LogP contribution < -0.4 is 4.90 Å². The Kier molecular flexibility index (Phi) is 5.52. The first-order chi connectivity index (χ1) is 13.2. The second-order valence-corrected chi connectivity index (χ2v) is 8.15. The van der Waals surface area contributed by atoms with Gasteiger partial charge in [0.15, 0.2) is 0 Å². The van der Waals surface area contributed by atoms with Gasteiger partial charge in [-0.2, -0.15) is 5.26 Å². The van der Waals surface area contributed by atoms with Crippen LogP contribution in [0, 0.1) is 11.3 Å². The third-order valence-corrected chi connectivity index (χ3v) is 4.78. The summed E-state index contributed by atoms with van der Waals surface area (Å²) >= 11 is 6.02. The fourth-order valence-electron chi connectivity index (χ4n) is 3.32. The molecule has 1 amide bonds. The van der Waals surface area contributed by atoms with Crippen molar-refractivity contribution in [1.29, 1.82) is 5.26 Å². The number of rotatable bonds is 2. The summed E-state index contributed by atoms with van der Waals surface area (Å²) in [5.41, 5.74) is 1.88. The van der Waals surface area contributed by atoms with E-state index in [1.165, 1.54) is 0 Å². The number of halogens is 1. The Balaban J connectivity index is 1.80. The minimum absolute atomic E-state index is 0.299. The van der Waals surface area contributed by atoms with Crippen molar-refractivity contribution < 1.29 is 9.53 Å². The Morgan fingerprint density at radius 1 is 1.25 bits per heavy atom. The number of anilines is 1. The maximum atomic E-state index is 12.3. The predicted molar refractivity (Wildman–Crippen MR) is 108 cm³/mol. The highest BCUT2D eigenvalue weighted by Crippen LogP contribution is 2.32. The second-order valence-electron chi connectivity index (χ2n) is 7.76. The molecule has 0 aliphatic carbocycles. The number of hydrogen-bond donors (Lipinski definition) is 0. The number of carbonyl (C=O) groups excluding carboxylic acids is 1. The van der Waals surface area contributed by atoms with Crippen LogP contribution in [0.15, 0.2) is 24.4 Å². The van der Waals surface area contributed by atoms with E-state index in [-0.39, 0.29) is 6.09 Å². The molecule has 0 radical (unpaired) electrons. The third-order valence-electron chi connectivity index (χ3n) is 4.57. The second kappa shape index (κ2) is 7.72. The van der Waals surface area contributed by atoms with Crippen LogP contribution in [0.1, 0.15) is 26.3 Å². The number of ether oxygens (including phenoxy) is 1. The zero-order valence-electron chi connectivity index (χ0n) is 16.6. The van der Waals surface area contributed by atoms with Crippen LogP contribution in [0.2, 0.25) is 5.15 Å². The van der Waals surface area contributed by atoms with Gasteiger partial charge in [-0.05, 0) is 39.0 Å². The Hall–Kier alpha value is -2.72. The number of hydrogen-bond acceptors (Lipinski definition) is 5. The van der Waals surface area contributed by atoms with Gasteiger partial charge >= 0.3 is 6.09 Å². The highest BCUT2D eigenvalue weighted by atomic mass is 35.5. The van der Waals surface area contributed by atoms with Crippen LogP contribution in [0.5, 0.6) is 0 Å². The lowest BCUT2D eigenvalue weighted by Gasteiger charge is -2.37. The van der Waals surface area contributed by atoms with Crippen LogP contribution >= 0.6 is 11.6 Å². The van der Waals surface area contributed by atoms with E-state index in [2.05, 4.69) is 16.0 Å². The lowest BCUT2D eigenvalue weighted by atomic mass is 10.2. The fourth-order valence-corrected chi connectivity index (χ4v) is 3.50. The quantitative estimate of drug-likeness (QED) is 0.718. The van der Waals surface area contributed by atoms with Crippen molar-refractivity contribution in [2.24, 2.45) is 7.05 Å². The molecule has 0 unspecified atom stereocenters. The molecule has 1 fully saturated rings. The molecule has 0 atom stereocenters. The van der Waals surface area contributed by atoms with Crippen molar-refractivity contribution in [2.45, 2.75) is 26.4 Å². The normalized spacial score (nSPS) is 14.7. The molecule has 7 nitrogen and oxygen atoms in total. The first-order valence-electron chi connectivity index (χ1n) is 9.14. The van der Waals surface area contributed by atoms with Gasteiger partial charge in [-0.15, -0.1) is 0 Å². The van der Waals surface area contributed by atoms with Crippen molar-refractivity contribution in [3.8, 4) is 17.3 Å². The summed E-state index contributed by atoms with van der Waals surface area (Å²) < 4.78 is 7.45. The van der Waals surface area contributed by atoms with Crippen LogP contribution in [0.4, 0.5) is 10.6 Å². The van der Waals surface area contributed by atoms with Crippen molar-refractivity contribution in [3.63, 3.8) is 0 Å². The molecule has 148 valence electrons. The molecule has 2 aromatic rings. The topological polar surface area (TPSA) is 74.4 Å². The Morgan fingerprint density at radius 2 is 1.93 bits per heavy atom. The van der Waals surface area contributed by atoms with Crippen LogP contribution in [-0.4, -0.2) is 52.3 Å². The number of pyridine rings is 1. The van der Waals surface area contributed by atoms with Gasteiger partial charge in [0.1, 0.15) is 22.6 Å². The highest BCUT2D eigenvalue weighted by Gasteiger charge is 2.28. The van der Waals surface area contributed by atoms with Crippen LogP contribution in [0.25, 0.3) is 11.3 Å². The Morgan fingerprint density at radius 3 is 2.50 bits per heavy atom. The summed E-state index contributed by atoms with van der Waals surface area (Å²) in [7, 11) is 1.93. The lowest BCUT2D eigenvalue weighted by molar-refractivity contribution is 0.0240. The molecule has 0 spiro atoms. The Bertz CT molecular complexity index is 918. The van der Waals surface area contributed by atoms with Gasteiger partial charge in [0.25, 0.3) is 0 Å². The molecule has 1 saturated heterocycles. The van der Waals surface area contributed by atoms with E-state index in [9.17, 15) is 10.1 Å². The number of aromatic nitrogens is 2. The summed E-state index contributed by atoms with van der Waals surface area (Å²) in [4.78, 5) is 20.1. The smallest absolute Gasteiger partial charge is 0.410 e. The molecular formula is C20H24ClN5O2. The number of nitriles is 1. The molecule has 1 aliphatic rings. The molecule has 0 N–H and O–H groups in total. The molecule has 0 aromatic carbocycles. The average molecular weight is 402 g/mol. The summed E-state index contributed by atoms with van der Waals surface area (Å²) in [6, 6.07) is 7.80. The van der Waals surface area contributed by atoms with Gasteiger partial charge in [-0.1, -0.05) is 11.6 Å². The maximum absolute atomic E-state index is 12.3. The lowest BCUT2D eigenvalue weighted by Crippen LogP contribution is -2.50. The Labute approximate surface area is 170 Å². The van der Waals surface area contributed by atoms with Gasteiger partial charge in [0, 0.05) is 45.0 Å². The van der Waals surface area contributed by atoms with Crippen LogP contribution in [0.3, 0.4) is 0 Å². The van der Waals surface area contributed by atoms with E-state index in [1.807, 2.05) is 44.5 Å². The molecule has 0 bridgehead atoms. The van der Waals surface area contributed by atoms with Crippen LogP contribution in [-0.2, 0) is 11.8 Å². The number of amides is 1. The summed E-state index contributed by atoms with van der Waals surface area (Å²) in [6.07, 6.45) is 1.35. The third kappa shape index (κ3) is 4.23. The molecule has 2 aromatic heterocycles. The fraction of sp³-hybridized carbons (Fsp3) is 0.450. The summed E-state index contributed by atoms with van der Waals surface area (Å²) in [5, 5.41) is 10.1. The molecule has 0 saturated carbocycles. The summed E-state index contributed by atoms with van der Waals surface area (Å²) in [6.45, 7) is 7.92. The SMILES string of the molecule is Cn1c(-c2ccnc(Cl)c2)cc(C#N)c1N1CCN(C(=O)OC(C)(C)C)CC1. The minimum Gasteiger partial charge on any atom is -0.444 e. The molecule has 3 heterocycles. The first kappa shape index (κ1) is 20.0. The van der Waals surface area contributed by atoms with Gasteiger partial charge in [-0.25, -0.2) is 9.78 Å². The molecule has 1 aliphatic heterocycles. The van der Waals surface area contributed by atoms with Crippen molar-refractivity contribution in [1.82, 2.24) is 14.5 Å². The highest BCUT2D eigenvalue weighted by molar-refractivity contribution is 6.29. The minimum atomic E-state index is -0.513. The van der Waals surface area contributed by atoms with Gasteiger partial charge in [0.2, 0.25) is 0 Å². The maximum Gasteiger partial charge on any atom is 0.410 e. The largest absolute Gasteiger partial charge is 0.444 e. The van der Waals surface area contributed by atoms with E-state index in [0.717, 1.165) is 17.1 Å². The zero-order valence-corrected chi connectivity index (χ0v) is 17.3. The van der Waals surface area contributed by atoms with E-state index in [1.54, 1.807) is 17.2 Å². The number of nitrogens with zero attached hydrogens (tertiary/aromatic N) is 5. The van der Waals surface area contributed by atoms with Crippen molar-refractivity contribution in [3.05, 3.63) is 35.1 Å². The van der Waals surface area contributed by atoms with Gasteiger partial charge in [0.05, 0.1) is 11.3 Å².